The Bertz CT molecular complexity index is 1120. The fourth-order valence-corrected chi connectivity index (χ4v) is 7.08. The zero-order valence-corrected chi connectivity index (χ0v) is 40.2. The van der Waals surface area contributed by atoms with Crippen molar-refractivity contribution < 1.29 is 28.6 Å². The summed E-state index contributed by atoms with van der Waals surface area (Å²) >= 11 is 0. The van der Waals surface area contributed by atoms with Gasteiger partial charge in [-0.3, -0.25) is 14.4 Å². The largest absolute Gasteiger partial charge is 0.462 e. The Labute approximate surface area is 377 Å². The van der Waals surface area contributed by atoms with Crippen molar-refractivity contribution in [3.05, 3.63) is 60.8 Å². The second kappa shape index (κ2) is 49.8. The molecule has 0 unspecified atom stereocenters. The molecule has 0 aromatic heterocycles. The number of allylic oxidation sites excluding steroid dienone is 10. The number of ether oxygens (including phenoxy) is 3. The molecule has 6 nitrogen and oxygen atoms in total. The maximum Gasteiger partial charge on any atom is 0.306 e. The molecule has 0 aromatic carbocycles. The molecule has 0 aliphatic rings. The minimum absolute atomic E-state index is 0.0929. The summed E-state index contributed by atoms with van der Waals surface area (Å²) < 4.78 is 16.7. The lowest BCUT2D eigenvalue weighted by atomic mass is 10.1. The highest BCUT2D eigenvalue weighted by molar-refractivity contribution is 5.71. The van der Waals surface area contributed by atoms with E-state index >= 15 is 0 Å². The molecule has 1 atom stereocenters. The molecule has 0 radical (unpaired) electrons. The molecule has 0 aliphatic heterocycles. The Balaban J connectivity index is 4.44. The van der Waals surface area contributed by atoms with Crippen LogP contribution < -0.4 is 0 Å². The average Bonchev–Trinajstić information content (AvgIpc) is 3.26. The molecular weight excluding hydrogens is 757 g/mol. The van der Waals surface area contributed by atoms with Crippen molar-refractivity contribution >= 4 is 17.9 Å². The van der Waals surface area contributed by atoms with E-state index in [1.807, 2.05) is 0 Å². The molecule has 0 saturated carbocycles. The normalized spacial score (nSPS) is 12.5. The van der Waals surface area contributed by atoms with Crippen LogP contribution in [0.3, 0.4) is 0 Å². The summed E-state index contributed by atoms with van der Waals surface area (Å²) in [4.78, 5) is 37.9. The van der Waals surface area contributed by atoms with Crippen LogP contribution in [0.1, 0.15) is 252 Å². The van der Waals surface area contributed by atoms with Crippen LogP contribution in [0.4, 0.5) is 0 Å². The zero-order valence-electron chi connectivity index (χ0n) is 40.2. The number of esters is 3. The molecule has 352 valence electrons. The second-order valence-corrected chi connectivity index (χ2v) is 17.1. The Morgan fingerprint density at radius 1 is 0.328 bits per heavy atom. The van der Waals surface area contributed by atoms with Gasteiger partial charge in [0.25, 0.3) is 0 Å². The molecule has 0 amide bonds. The molecular formula is C55H96O6. The van der Waals surface area contributed by atoms with E-state index in [9.17, 15) is 14.4 Å². The van der Waals surface area contributed by atoms with Crippen LogP contribution in [0.25, 0.3) is 0 Å². The Kier molecular flexibility index (Phi) is 47.4. The average molecular weight is 853 g/mol. The fourth-order valence-electron chi connectivity index (χ4n) is 7.08. The molecule has 0 N–H and O–H groups in total. The van der Waals surface area contributed by atoms with Crippen molar-refractivity contribution in [2.45, 2.75) is 258 Å². The van der Waals surface area contributed by atoms with Gasteiger partial charge in [0.2, 0.25) is 0 Å². The number of hydrogen-bond donors (Lipinski definition) is 0. The van der Waals surface area contributed by atoms with Crippen LogP contribution in [0.15, 0.2) is 60.8 Å². The summed E-state index contributed by atoms with van der Waals surface area (Å²) in [5.41, 5.74) is 0. The van der Waals surface area contributed by atoms with Crippen LogP contribution in [-0.2, 0) is 28.6 Å². The first-order chi connectivity index (χ1) is 30.0. The summed E-state index contributed by atoms with van der Waals surface area (Å²) in [5.74, 6) is -0.958. The lowest BCUT2D eigenvalue weighted by Crippen LogP contribution is -2.30. The summed E-state index contributed by atoms with van der Waals surface area (Å²) in [5, 5.41) is 0. The number of unbranched alkanes of at least 4 members (excludes halogenated alkanes) is 25. The van der Waals surface area contributed by atoms with E-state index in [0.717, 1.165) is 77.0 Å². The van der Waals surface area contributed by atoms with E-state index in [-0.39, 0.29) is 37.5 Å². The second-order valence-electron chi connectivity index (χ2n) is 17.1. The van der Waals surface area contributed by atoms with Crippen LogP contribution in [0, 0.1) is 0 Å². The molecule has 0 spiro atoms. The third kappa shape index (κ3) is 48.0. The predicted octanol–water partition coefficient (Wildman–Crippen LogP) is 16.9. The maximum atomic E-state index is 12.8. The van der Waals surface area contributed by atoms with E-state index < -0.39 is 6.10 Å². The highest BCUT2D eigenvalue weighted by Gasteiger charge is 2.19. The minimum Gasteiger partial charge on any atom is -0.462 e. The highest BCUT2D eigenvalue weighted by Crippen LogP contribution is 2.14. The number of rotatable bonds is 46. The Morgan fingerprint density at radius 2 is 0.607 bits per heavy atom. The van der Waals surface area contributed by atoms with Gasteiger partial charge in [-0.05, 0) is 83.5 Å². The van der Waals surface area contributed by atoms with Gasteiger partial charge in [-0.2, -0.15) is 0 Å². The molecule has 0 rings (SSSR count). The van der Waals surface area contributed by atoms with Crippen molar-refractivity contribution in [2.75, 3.05) is 13.2 Å². The van der Waals surface area contributed by atoms with Gasteiger partial charge in [0.1, 0.15) is 13.2 Å². The van der Waals surface area contributed by atoms with Crippen LogP contribution in [0.2, 0.25) is 0 Å². The molecule has 0 aromatic rings. The smallest absolute Gasteiger partial charge is 0.306 e. The number of carbonyl (C=O) groups is 3. The highest BCUT2D eigenvalue weighted by atomic mass is 16.6. The third-order valence-corrected chi connectivity index (χ3v) is 11.0. The summed E-state index contributed by atoms with van der Waals surface area (Å²) in [7, 11) is 0. The van der Waals surface area contributed by atoms with Gasteiger partial charge in [0.15, 0.2) is 6.10 Å². The van der Waals surface area contributed by atoms with Crippen molar-refractivity contribution in [1.82, 2.24) is 0 Å². The number of carbonyl (C=O) groups excluding carboxylic acids is 3. The molecule has 6 heteroatoms. The van der Waals surface area contributed by atoms with E-state index in [1.54, 1.807) is 0 Å². The maximum absolute atomic E-state index is 12.8. The first-order valence-electron chi connectivity index (χ1n) is 25.8. The number of hydrogen-bond acceptors (Lipinski definition) is 6. The SMILES string of the molecule is CCCCC/C=C\C/C=C\C/C=C\C/C=C\CCCC(=O)OC[C@@H](COC(=O)CCCCCCCCCCCC)OC(=O)CCCCCCC/C=C\CCCCCCCCC. The predicted molar refractivity (Wildman–Crippen MR) is 261 cm³/mol. The lowest BCUT2D eigenvalue weighted by molar-refractivity contribution is -0.167. The van der Waals surface area contributed by atoms with Crippen molar-refractivity contribution in [2.24, 2.45) is 0 Å². The van der Waals surface area contributed by atoms with Crippen LogP contribution >= 0.6 is 0 Å². The zero-order chi connectivity index (χ0) is 44.4. The Hall–Kier alpha value is -2.89. The Morgan fingerprint density at radius 3 is 1.03 bits per heavy atom. The van der Waals surface area contributed by atoms with Crippen molar-refractivity contribution in [1.29, 1.82) is 0 Å². The molecule has 0 bridgehead atoms. The quantitative estimate of drug-likeness (QED) is 0.0263. The van der Waals surface area contributed by atoms with Crippen LogP contribution in [0.5, 0.6) is 0 Å². The van der Waals surface area contributed by atoms with Crippen molar-refractivity contribution in [3.63, 3.8) is 0 Å². The van der Waals surface area contributed by atoms with Gasteiger partial charge in [-0.15, -0.1) is 0 Å². The van der Waals surface area contributed by atoms with Gasteiger partial charge in [0.05, 0.1) is 0 Å². The van der Waals surface area contributed by atoms with Crippen LogP contribution in [-0.4, -0.2) is 37.2 Å². The van der Waals surface area contributed by atoms with E-state index in [4.69, 9.17) is 14.2 Å². The minimum atomic E-state index is -0.797. The first kappa shape index (κ1) is 58.1. The van der Waals surface area contributed by atoms with Gasteiger partial charge in [-0.25, -0.2) is 0 Å². The molecule has 0 fully saturated rings. The topological polar surface area (TPSA) is 78.9 Å². The molecule has 0 heterocycles. The standard InChI is InChI=1S/C55H96O6/c1-4-7-10-13-16-19-22-24-26-28-30-31-33-36-39-42-45-48-54(57)60-51-52(50-59-53(56)47-44-41-38-35-21-18-15-12-9-6-3)61-55(58)49-46-43-40-37-34-32-29-27-25-23-20-17-14-11-8-5-2/h16,19,24,26-27,29-31,36,39,52H,4-15,17-18,20-23,25,28,32-35,37-38,40-51H2,1-3H3/b19-16-,26-24-,29-27-,31-30-,39-36-/t52-/m1/s1. The first-order valence-corrected chi connectivity index (χ1v) is 25.8. The summed E-state index contributed by atoms with van der Waals surface area (Å²) in [6, 6.07) is 0. The monoisotopic (exact) mass is 853 g/mol. The van der Waals surface area contributed by atoms with Gasteiger partial charge >= 0.3 is 17.9 Å². The fraction of sp³-hybridized carbons (Fsp3) is 0.764. The van der Waals surface area contributed by atoms with Gasteiger partial charge in [-0.1, -0.05) is 210 Å². The van der Waals surface area contributed by atoms with Gasteiger partial charge < -0.3 is 14.2 Å². The molecule has 61 heavy (non-hydrogen) atoms. The lowest BCUT2D eigenvalue weighted by Gasteiger charge is -2.18. The van der Waals surface area contributed by atoms with E-state index in [1.165, 1.54) is 128 Å². The molecule has 0 aliphatic carbocycles. The van der Waals surface area contributed by atoms with Gasteiger partial charge in [0, 0.05) is 19.3 Å². The third-order valence-electron chi connectivity index (χ3n) is 11.0. The van der Waals surface area contributed by atoms with Crippen molar-refractivity contribution in [3.8, 4) is 0 Å². The summed E-state index contributed by atoms with van der Waals surface area (Å²) in [6.07, 6.45) is 60.6. The molecule has 0 saturated heterocycles. The summed E-state index contributed by atoms with van der Waals surface area (Å²) in [6.45, 7) is 6.54. The van der Waals surface area contributed by atoms with E-state index in [0.29, 0.717) is 19.3 Å². The van der Waals surface area contributed by atoms with E-state index in [2.05, 4.69) is 81.5 Å².